The summed E-state index contributed by atoms with van der Waals surface area (Å²) in [6, 6.07) is 11.7. The molecule has 1 amide bonds. The van der Waals surface area contributed by atoms with E-state index >= 15 is 0 Å². The largest absolute Gasteiger partial charge is 0.351 e. The summed E-state index contributed by atoms with van der Waals surface area (Å²) < 4.78 is 0.953. The van der Waals surface area contributed by atoms with Crippen LogP contribution in [0.2, 0.25) is 0 Å². The lowest BCUT2D eigenvalue weighted by Crippen LogP contribution is -2.41. The second kappa shape index (κ2) is 6.84. The number of amides is 1. The molecule has 0 aliphatic carbocycles. The summed E-state index contributed by atoms with van der Waals surface area (Å²) >= 11 is 3.57. The number of carbonyl (C=O) groups is 1. The van der Waals surface area contributed by atoms with Crippen LogP contribution in [0.5, 0.6) is 0 Å². The van der Waals surface area contributed by atoms with Crippen LogP contribution in [0.1, 0.15) is 10.4 Å². The minimum atomic E-state index is -0.0792. The highest BCUT2D eigenvalue weighted by Crippen LogP contribution is 2.29. The number of carbonyl (C=O) groups excluding carboxylic acids is 1. The van der Waals surface area contributed by atoms with Gasteiger partial charge in [0.1, 0.15) is 16.3 Å². The van der Waals surface area contributed by atoms with E-state index < -0.39 is 0 Å². The molecule has 0 saturated heterocycles. The van der Waals surface area contributed by atoms with Crippen LogP contribution in [0.4, 0.5) is 5.69 Å². The number of aromatic nitrogens is 1. The van der Waals surface area contributed by atoms with E-state index in [1.54, 1.807) is 0 Å². The summed E-state index contributed by atoms with van der Waals surface area (Å²) in [5.74, 6) is -0.0792. The van der Waals surface area contributed by atoms with Crippen LogP contribution in [0.3, 0.4) is 0 Å². The normalized spacial score (nSPS) is 11.4. The van der Waals surface area contributed by atoms with Gasteiger partial charge in [0.15, 0.2) is 5.69 Å². The highest BCUT2D eigenvalue weighted by molar-refractivity contribution is 9.10. The lowest BCUT2D eigenvalue weighted by Gasteiger charge is -2.10. The van der Waals surface area contributed by atoms with Crippen molar-refractivity contribution in [3.63, 3.8) is 0 Å². The first-order valence-electron chi connectivity index (χ1n) is 7.80. The van der Waals surface area contributed by atoms with Crippen molar-refractivity contribution in [3.8, 4) is 0 Å². The van der Waals surface area contributed by atoms with Gasteiger partial charge in [0.25, 0.3) is 5.91 Å². The van der Waals surface area contributed by atoms with Crippen molar-refractivity contribution in [3.05, 3.63) is 46.4 Å². The number of fused-ring (bicyclic) bond motifs is 2. The number of para-hydroxylation sites is 2. The average molecular weight is 389 g/mol. The van der Waals surface area contributed by atoms with E-state index in [1.807, 2.05) is 55.4 Å². The molecule has 3 rings (SSSR count). The first-order chi connectivity index (χ1) is 11.5. The third-order valence-electron chi connectivity index (χ3n) is 4.07. The van der Waals surface area contributed by atoms with Crippen molar-refractivity contribution in [1.82, 2.24) is 10.2 Å². The molecule has 5 nitrogen and oxygen atoms in total. The Bertz CT molecular complexity index is 924. The summed E-state index contributed by atoms with van der Waals surface area (Å²) in [4.78, 5) is 18.0. The molecule has 1 heterocycles. The van der Waals surface area contributed by atoms with Gasteiger partial charge in [0.2, 0.25) is 11.0 Å². The molecule has 0 spiro atoms. The second-order valence-electron chi connectivity index (χ2n) is 6.05. The minimum Gasteiger partial charge on any atom is -0.351 e. The molecule has 6 heteroatoms. The van der Waals surface area contributed by atoms with Crippen LogP contribution < -0.4 is 16.0 Å². The average Bonchev–Trinajstić information content (AvgIpc) is 2.55. The van der Waals surface area contributed by atoms with Crippen molar-refractivity contribution in [1.29, 1.82) is 0 Å². The molecule has 0 aliphatic rings. The monoisotopic (exact) mass is 388 g/mol. The van der Waals surface area contributed by atoms with Gasteiger partial charge in [-0.25, -0.2) is 4.98 Å². The number of hydrogen-bond donors (Lipinski definition) is 2. The van der Waals surface area contributed by atoms with Crippen LogP contribution in [0.25, 0.3) is 21.8 Å². The van der Waals surface area contributed by atoms with Gasteiger partial charge in [-0.2, -0.15) is 0 Å². The van der Waals surface area contributed by atoms with Crippen LogP contribution in [-0.2, 0) is 0 Å². The second-order valence-corrected chi connectivity index (χ2v) is 6.91. The van der Waals surface area contributed by atoms with E-state index in [0.717, 1.165) is 38.5 Å². The molecule has 124 valence electrons. The van der Waals surface area contributed by atoms with Crippen molar-refractivity contribution < 1.29 is 15.5 Å². The number of hydrogen-bond acceptors (Lipinski definition) is 2. The van der Waals surface area contributed by atoms with E-state index in [-0.39, 0.29) is 5.91 Å². The fourth-order valence-corrected chi connectivity index (χ4v) is 3.25. The molecule has 5 N–H and O–H groups in total. The number of pyridine rings is 1. The van der Waals surface area contributed by atoms with Gasteiger partial charge in [-0.1, -0.05) is 12.1 Å². The molecular formula is C18H21BrN4O+2. The number of nitrogens with one attached hydrogen (secondary N) is 2. The molecule has 3 aromatic rings. The topological polar surface area (TPSA) is 74.1 Å². The van der Waals surface area contributed by atoms with Crippen LogP contribution in [-0.4, -0.2) is 38.0 Å². The smallest absolute Gasteiger partial charge is 0.258 e. The Hall–Kier alpha value is -2.02. The molecule has 0 unspecified atom stereocenters. The molecule has 0 aliphatic heterocycles. The third kappa shape index (κ3) is 3.13. The molecule has 0 fully saturated rings. The van der Waals surface area contributed by atoms with Crippen molar-refractivity contribution in [2.75, 3.05) is 27.2 Å². The van der Waals surface area contributed by atoms with E-state index in [0.29, 0.717) is 12.1 Å². The molecule has 24 heavy (non-hydrogen) atoms. The van der Waals surface area contributed by atoms with E-state index in [9.17, 15) is 4.79 Å². The maximum Gasteiger partial charge on any atom is 0.258 e. The molecular weight excluding hydrogens is 368 g/mol. The number of quaternary nitrogens is 1. The van der Waals surface area contributed by atoms with Gasteiger partial charge in [-0.3, -0.25) is 4.79 Å². The zero-order chi connectivity index (χ0) is 17.3. The summed E-state index contributed by atoms with van der Waals surface area (Å²) in [5, 5.41) is 4.97. The maximum absolute atomic E-state index is 12.6. The van der Waals surface area contributed by atoms with Crippen molar-refractivity contribution >= 4 is 49.3 Å². The first kappa shape index (κ1) is 16.8. The van der Waals surface area contributed by atoms with Crippen molar-refractivity contribution in [2.45, 2.75) is 0 Å². The van der Waals surface area contributed by atoms with Gasteiger partial charge in [-0.15, -0.1) is 0 Å². The number of aromatic amines is 1. The van der Waals surface area contributed by atoms with Crippen LogP contribution >= 0.6 is 15.9 Å². The van der Waals surface area contributed by atoms with Crippen LogP contribution in [0.15, 0.2) is 40.9 Å². The Balaban J connectivity index is 2.11. The highest BCUT2D eigenvalue weighted by atomic mass is 79.9. The predicted octanol–water partition coefficient (Wildman–Crippen LogP) is 1.73. The zero-order valence-electron chi connectivity index (χ0n) is 13.8. The number of halogens is 1. The number of rotatable bonds is 4. The lowest BCUT2D eigenvalue weighted by molar-refractivity contribution is -0.313. The third-order valence-corrected chi connectivity index (χ3v) is 4.73. The minimum absolute atomic E-state index is 0.0792. The molecule has 0 saturated carbocycles. The summed E-state index contributed by atoms with van der Waals surface area (Å²) in [6.07, 6.45) is 0. The van der Waals surface area contributed by atoms with Crippen molar-refractivity contribution in [2.24, 2.45) is 0 Å². The number of H-pyrrole nitrogens is 1. The zero-order valence-corrected chi connectivity index (χ0v) is 15.4. The standard InChI is InChI=1S/C18H19BrN4O/c1-23(2)10-9-21-18(24)13-7-3-5-11-15(20)12-6-4-8-14(19)17(12)22-16(11)13/h3-8H,9-10H2,1-2H3,(H2,20,22)(H,21,24)/p+2. The first-order valence-corrected chi connectivity index (χ1v) is 8.59. The van der Waals surface area contributed by atoms with Gasteiger partial charge in [0, 0.05) is 13.1 Å². The summed E-state index contributed by atoms with van der Waals surface area (Å²) in [5.41, 5.74) is 7.53. The number of nitrogens with zero attached hydrogens (tertiary/aromatic N) is 1. The van der Waals surface area contributed by atoms with Gasteiger partial charge >= 0.3 is 0 Å². The Morgan fingerprint density at radius 2 is 1.83 bits per heavy atom. The highest BCUT2D eigenvalue weighted by Gasteiger charge is 2.22. The Morgan fingerprint density at radius 3 is 2.54 bits per heavy atom. The summed E-state index contributed by atoms with van der Waals surface area (Å²) in [6.45, 7) is 1.41. The fourth-order valence-electron chi connectivity index (χ4n) is 2.79. The fraction of sp³-hybridized carbons (Fsp3) is 0.222. The van der Waals surface area contributed by atoms with E-state index in [1.165, 1.54) is 0 Å². The number of likely N-dealkylation sites (N-methyl/N-ethyl adjacent to an activating group) is 1. The Labute approximate surface area is 149 Å². The Kier molecular flexibility index (Phi) is 4.80. The van der Waals surface area contributed by atoms with E-state index in [2.05, 4.69) is 32.0 Å². The van der Waals surface area contributed by atoms with Gasteiger partial charge in [0.05, 0.1) is 4.47 Å². The number of benzene rings is 2. The van der Waals surface area contributed by atoms with Gasteiger partial charge in [-0.05, 0) is 54.3 Å². The van der Waals surface area contributed by atoms with E-state index in [4.69, 9.17) is 0 Å². The quantitative estimate of drug-likeness (QED) is 0.667. The SMILES string of the molecule is CN(C)CCNC(=O)c1cccc2c([NH3+])c3cccc(Br)c3[nH+]c12. The van der Waals surface area contributed by atoms with Gasteiger partial charge < -0.3 is 16.0 Å². The lowest BCUT2D eigenvalue weighted by atomic mass is 10.0. The maximum atomic E-state index is 12.6. The molecule has 0 bridgehead atoms. The molecule has 1 aromatic heterocycles. The molecule has 0 atom stereocenters. The van der Waals surface area contributed by atoms with Crippen LogP contribution in [0, 0.1) is 0 Å². The molecule has 0 radical (unpaired) electrons. The molecule has 2 aromatic carbocycles. The summed E-state index contributed by atoms with van der Waals surface area (Å²) in [7, 11) is 3.97. The predicted molar refractivity (Wildman–Crippen MR) is 99.1 cm³/mol. The Morgan fingerprint density at radius 1 is 1.17 bits per heavy atom.